The summed E-state index contributed by atoms with van der Waals surface area (Å²) in [5.74, 6) is 0.963. The molecule has 0 fully saturated rings. The second-order valence-corrected chi connectivity index (χ2v) is 5.11. The SMILES string of the molecule is COc1cc(O)ccc1-c1cnc(-c2ccc(C(F)(F)F)cc2)[nH]1. The number of aromatic amines is 1. The third-order valence-electron chi connectivity index (χ3n) is 3.54. The molecule has 0 saturated carbocycles. The molecule has 0 amide bonds. The standard InChI is InChI=1S/C17H13F3N2O2/c1-24-15-8-12(23)6-7-13(15)14-9-21-16(22-14)10-2-4-11(5-3-10)17(18,19)20/h2-9,23H,1H3,(H,21,22). The monoisotopic (exact) mass is 334 g/mol. The molecule has 1 heterocycles. The van der Waals surface area contributed by atoms with Crippen molar-refractivity contribution in [1.29, 1.82) is 0 Å². The fourth-order valence-electron chi connectivity index (χ4n) is 2.32. The number of hydrogen-bond donors (Lipinski definition) is 2. The lowest BCUT2D eigenvalue weighted by molar-refractivity contribution is -0.137. The van der Waals surface area contributed by atoms with Gasteiger partial charge in [-0.2, -0.15) is 13.2 Å². The normalized spacial score (nSPS) is 11.5. The predicted octanol–water partition coefficient (Wildman–Crippen LogP) is 4.48. The first-order chi connectivity index (χ1) is 11.4. The number of aromatic hydroxyl groups is 1. The molecule has 0 bridgehead atoms. The Labute approximate surface area is 135 Å². The zero-order chi connectivity index (χ0) is 17.3. The molecular formula is C17H13F3N2O2. The Morgan fingerprint density at radius 1 is 1.08 bits per heavy atom. The first-order valence-corrected chi connectivity index (χ1v) is 6.98. The van der Waals surface area contributed by atoms with Gasteiger partial charge in [0.25, 0.3) is 0 Å². The number of rotatable bonds is 3. The number of nitrogens with one attached hydrogen (secondary N) is 1. The predicted molar refractivity (Wildman–Crippen MR) is 82.7 cm³/mol. The van der Waals surface area contributed by atoms with Crippen LogP contribution in [0.4, 0.5) is 13.2 Å². The minimum Gasteiger partial charge on any atom is -0.508 e. The molecule has 7 heteroatoms. The highest BCUT2D eigenvalue weighted by molar-refractivity contribution is 5.70. The van der Waals surface area contributed by atoms with Crippen LogP contribution in [0.15, 0.2) is 48.7 Å². The molecule has 3 aromatic rings. The van der Waals surface area contributed by atoms with Crippen molar-refractivity contribution in [2.75, 3.05) is 7.11 Å². The fourth-order valence-corrected chi connectivity index (χ4v) is 2.32. The van der Waals surface area contributed by atoms with Gasteiger partial charge in [-0.25, -0.2) is 4.98 Å². The van der Waals surface area contributed by atoms with Gasteiger partial charge in [-0.05, 0) is 24.3 Å². The minimum absolute atomic E-state index is 0.0677. The molecule has 0 aliphatic carbocycles. The van der Waals surface area contributed by atoms with Gasteiger partial charge in [0.2, 0.25) is 0 Å². The van der Waals surface area contributed by atoms with Crippen molar-refractivity contribution in [3.8, 4) is 34.1 Å². The summed E-state index contributed by atoms with van der Waals surface area (Å²) >= 11 is 0. The van der Waals surface area contributed by atoms with Gasteiger partial charge in [0, 0.05) is 17.2 Å². The van der Waals surface area contributed by atoms with E-state index in [9.17, 15) is 18.3 Å². The van der Waals surface area contributed by atoms with E-state index in [0.29, 0.717) is 28.4 Å². The Bertz CT molecular complexity index is 855. The number of phenolic OH excluding ortho intramolecular Hbond substituents is 1. The molecule has 1 aromatic heterocycles. The molecule has 0 unspecified atom stereocenters. The van der Waals surface area contributed by atoms with Crippen LogP contribution in [0.5, 0.6) is 11.5 Å². The lowest BCUT2D eigenvalue weighted by Crippen LogP contribution is -2.04. The van der Waals surface area contributed by atoms with E-state index in [1.807, 2.05) is 0 Å². The quantitative estimate of drug-likeness (QED) is 0.743. The van der Waals surface area contributed by atoms with Crippen molar-refractivity contribution in [3.05, 3.63) is 54.2 Å². The van der Waals surface area contributed by atoms with Crippen molar-refractivity contribution in [3.63, 3.8) is 0 Å². The van der Waals surface area contributed by atoms with Crippen LogP contribution >= 0.6 is 0 Å². The van der Waals surface area contributed by atoms with Gasteiger partial charge >= 0.3 is 6.18 Å². The summed E-state index contributed by atoms with van der Waals surface area (Å²) in [5.41, 5.74) is 1.13. The summed E-state index contributed by atoms with van der Waals surface area (Å²) in [7, 11) is 1.48. The molecule has 24 heavy (non-hydrogen) atoms. The van der Waals surface area contributed by atoms with Crippen LogP contribution in [0.25, 0.3) is 22.6 Å². The topological polar surface area (TPSA) is 58.1 Å². The number of hydrogen-bond acceptors (Lipinski definition) is 3. The summed E-state index contributed by atoms with van der Waals surface area (Å²) in [6.45, 7) is 0. The number of aromatic nitrogens is 2. The summed E-state index contributed by atoms with van der Waals surface area (Å²) in [6, 6.07) is 9.39. The molecule has 0 radical (unpaired) electrons. The van der Waals surface area contributed by atoms with Gasteiger partial charge in [-0.1, -0.05) is 12.1 Å². The highest BCUT2D eigenvalue weighted by atomic mass is 19.4. The van der Waals surface area contributed by atoms with Gasteiger partial charge in [0.05, 0.1) is 24.6 Å². The molecule has 0 atom stereocenters. The number of ether oxygens (including phenoxy) is 1. The number of phenols is 1. The average Bonchev–Trinajstić information content (AvgIpc) is 3.03. The molecule has 3 rings (SSSR count). The van der Waals surface area contributed by atoms with Gasteiger partial charge in [0.15, 0.2) is 0 Å². The Morgan fingerprint density at radius 3 is 2.42 bits per heavy atom. The number of H-pyrrole nitrogens is 1. The molecule has 0 aliphatic rings. The number of benzene rings is 2. The Balaban J connectivity index is 1.94. The molecule has 2 aromatic carbocycles. The Hall–Kier alpha value is -2.96. The summed E-state index contributed by atoms with van der Waals surface area (Å²) in [5, 5.41) is 9.49. The van der Waals surface area contributed by atoms with E-state index in [1.165, 1.54) is 31.4 Å². The van der Waals surface area contributed by atoms with Crippen LogP contribution in [0.1, 0.15) is 5.56 Å². The molecule has 4 nitrogen and oxygen atoms in total. The molecular weight excluding hydrogens is 321 g/mol. The molecule has 124 valence electrons. The Morgan fingerprint density at radius 2 is 1.79 bits per heavy atom. The van der Waals surface area contributed by atoms with E-state index < -0.39 is 11.7 Å². The van der Waals surface area contributed by atoms with E-state index in [0.717, 1.165) is 12.1 Å². The maximum atomic E-state index is 12.6. The van der Waals surface area contributed by atoms with Crippen molar-refractivity contribution >= 4 is 0 Å². The van der Waals surface area contributed by atoms with E-state index >= 15 is 0 Å². The fraction of sp³-hybridized carbons (Fsp3) is 0.118. The number of imidazole rings is 1. The number of nitrogens with zero attached hydrogens (tertiary/aromatic N) is 1. The van der Waals surface area contributed by atoms with Crippen LogP contribution in [-0.4, -0.2) is 22.2 Å². The smallest absolute Gasteiger partial charge is 0.416 e. The zero-order valence-corrected chi connectivity index (χ0v) is 12.6. The molecule has 2 N–H and O–H groups in total. The van der Waals surface area contributed by atoms with E-state index in [4.69, 9.17) is 4.74 Å². The largest absolute Gasteiger partial charge is 0.508 e. The molecule has 0 aliphatic heterocycles. The third-order valence-corrected chi connectivity index (χ3v) is 3.54. The number of halogens is 3. The van der Waals surface area contributed by atoms with Gasteiger partial charge in [-0.15, -0.1) is 0 Å². The molecule has 0 saturated heterocycles. The van der Waals surface area contributed by atoms with E-state index in [2.05, 4.69) is 9.97 Å². The number of methoxy groups -OCH3 is 1. The zero-order valence-electron chi connectivity index (χ0n) is 12.6. The van der Waals surface area contributed by atoms with Crippen molar-refractivity contribution in [2.24, 2.45) is 0 Å². The van der Waals surface area contributed by atoms with Crippen molar-refractivity contribution in [1.82, 2.24) is 9.97 Å². The Kier molecular flexibility index (Phi) is 3.92. The van der Waals surface area contributed by atoms with Gasteiger partial charge in [0.1, 0.15) is 17.3 Å². The second kappa shape index (κ2) is 5.92. The minimum atomic E-state index is -4.37. The van der Waals surface area contributed by atoms with Crippen LogP contribution in [0.2, 0.25) is 0 Å². The lowest BCUT2D eigenvalue weighted by atomic mass is 10.1. The van der Waals surface area contributed by atoms with Gasteiger partial charge < -0.3 is 14.8 Å². The van der Waals surface area contributed by atoms with Crippen LogP contribution in [0, 0.1) is 0 Å². The van der Waals surface area contributed by atoms with Crippen molar-refractivity contribution in [2.45, 2.75) is 6.18 Å². The average molecular weight is 334 g/mol. The van der Waals surface area contributed by atoms with Crippen molar-refractivity contribution < 1.29 is 23.0 Å². The first-order valence-electron chi connectivity index (χ1n) is 6.98. The van der Waals surface area contributed by atoms with E-state index in [1.54, 1.807) is 12.3 Å². The summed E-state index contributed by atoms with van der Waals surface area (Å²) < 4.78 is 43.0. The van der Waals surface area contributed by atoms with Crippen LogP contribution in [-0.2, 0) is 6.18 Å². The lowest BCUT2D eigenvalue weighted by Gasteiger charge is -2.07. The van der Waals surface area contributed by atoms with Crippen LogP contribution < -0.4 is 4.74 Å². The highest BCUT2D eigenvalue weighted by Gasteiger charge is 2.30. The summed E-state index contributed by atoms with van der Waals surface area (Å²) in [6.07, 6.45) is -2.81. The van der Waals surface area contributed by atoms with Gasteiger partial charge in [-0.3, -0.25) is 0 Å². The third kappa shape index (κ3) is 3.05. The number of alkyl halides is 3. The van der Waals surface area contributed by atoms with E-state index in [-0.39, 0.29) is 5.75 Å². The molecule has 0 spiro atoms. The first kappa shape index (κ1) is 15.9. The maximum absolute atomic E-state index is 12.6. The highest BCUT2D eigenvalue weighted by Crippen LogP contribution is 2.34. The second-order valence-electron chi connectivity index (χ2n) is 5.11. The maximum Gasteiger partial charge on any atom is 0.416 e. The van der Waals surface area contributed by atoms with Crippen LogP contribution in [0.3, 0.4) is 0 Å². The summed E-state index contributed by atoms with van der Waals surface area (Å²) in [4.78, 5) is 7.24.